The van der Waals surface area contributed by atoms with Crippen LogP contribution in [-0.4, -0.2) is 39.9 Å². The van der Waals surface area contributed by atoms with Crippen molar-refractivity contribution in [2.24, 2.45) is 0 Å². The number of nitrogen functional groups attached to an aromatic ring is 1. The van der Waals surface area contributed by atoms with E-state index in [1.54, 1.807) is 58.4 Å². The van der Waals surface area contributed by atoms with Crippen molar-refractivity contribution >= 4 is 82.7 Å². The van der Waals surface area contributed by atoms with Crippen LogP contribution in [0.5, 0.6) is 17.2 Å². The summed E-state index contributed by atoms with van der Waals surface area (Å²) < 4.78 is 6.55. The van der Waals surface area contributed by atoms with Crippen LogP contribution in [-0.2, 0) is 38.1 Å². The molecule has 1 atom stereocenters. The lowest BCUT2D eigenvalue weighted by molar-refractivity contribution is -0.789. The molecule has 0 radical (unpaired) electrons. The predicted octanol–water partition coefficient (Wildman–Crippen LogP) is 4.32. The molecule has 20 heteroatoms. The van der Waals surface area contributed by atoms with Crippen LogP contribution < -0.4 is 25.8 Å². The Kier molecular flexibility index (Phi) is 10.2. The third kappa shape index (κ3) is 8.37. The van der Waals surface area contributed by atoms with Crippen LogP contribution in [0, 0.1) is 20.2 Å². The molecular weight excluding hydrogens is 684 g/mol. The van der Waals surface area contributed by atoms with Gasteiger partial charge >= 0.3 is 11.9 Å². The predicted molar refractivity (Wildman–Crippen MR) is 168 cm³/mol. The molecule has 3 N–H and O–H groups in total. The van der Waals surface area contributed by atoms with E-state index in [0.29, 0.717) is 0 Å². The number of ether oxygens (including phenoxy) is 2. The van der Waals surface area contributed by atoms with Crippen molar-refractivity contribution in [3.05, 3.63) is 92.5 Å². The third-order valence-corrected chi connectivity index (χ3v) is 36.6. The fraction of sp³-hybridized carbons (Fsp3) is 0.130. The fourth-order valence-electron chi connectivity index (χ4n) is 3.51. The van der Waals surface area contributed by atoms with Gasteiger partial charge < -0.3 is 30.0 Å². The number of phenols is 1. The summed E-state index contributed by atoms with van der Waals surface area (Å²) >= 11 is 15.0. The fourth-order valence-corrected chi connectivity index (χ4v) is 45.8. The van der Waals surface area contributed by atoms with Gasteiger partial charge in [0, 0.05) is 22.4 Å². The maximum atomic E-state index is 13.0. The second kappa shape index (κ2) is 13.5. The Morgan fingerprint density at radius 1 is 0.907 bits per heavy atom. The second-order valence-electron chi connectivity index (χ2n) is 8.46. The topological polar surface area (TPSA) is 204 Å². The van der Waals surface area contributed by atoms with E-state index in [2.05, 4.69) is 9.68 Å². The van der Waals surface area contributed by atoms with Gasteiger partial charge in [0.25, 0.3) is 10.2 Å². The zero-order valence-electron chi connectivity index (χ0n) is 21.4. The number of phenolic OH excluding ortho intramolecular Hbond substituents is 1. The number of esters is 2. The maximum Gasteiger partial charge on any atom is 0.347 e. The van der Waals surface area contributed by atoms with Crippen molar-refractivity contribution in [3.8, 4) is 17.2 Å². The van der Waals surface area contributed by atoms with Gasteiger partial charge in [-0.1, -0.05) is 45.6 Å². The Labute approximate surface area is 260 Å². The molecule has 4 rings (SSSR count). The van der Waals surface area contributed by atoms with Gasteiger partial charge in [0.1, 0.15) is 35.5 Å². The van der Waals surface area contributed by atoms with Crippen LogP contribution >= 0.6 is 30.9 Å². The van der Waals surface area contributed by atoms with Gasteiger partial charge in [-0.2, -0.15) is 0 Å². The normalized spacial score (nSPS) is 19.7. The number of carbonyl (C=O) groups is 2. The van der Waals surface area contributed by atoms with Gasteiger partial charge in [0.15, 0.2) is 0 Å². The standard InChI is InChI=1S/C23H19N3O11P2S4/c24-14-1-10-20(21(11-14)36-22(28)12-17(37-26(32)33)13-34-25(30)31)23(29)35-16-4-8-19(9-5-16)39(41)42-38(40,43-39)18-6-2-15(27)3-7-18/h1-11,17,27H,12-13,24H2. The number of hydrogen-bond acceptors (Lipinski definition) is 16. The average Bonchev–Trinajstić information content (AvgIpc) is 2.91. The summed E-state index contributed by atoms with van der Waals surface area (Å²) in [4.78, 5) is 54.8. The van der Waals surface area contributed by atoms with Crippen molar-refractivity contribution in [1.82, 2.24) is 0 Å². The Hall–Kier alpha value is -3.40. The first-order valence-corrected chi connectivity index (χ1v) is 21.4. The Morgan fingerprint density at radius 2 is 1.49 bits per heavy atom. The number of anilines is 1. The zero-order valence-corrected chi connectivity index (χ0v) is 26.4. The van der Waals surface area contributed by atoms with Gasteiger partial charge in [-0.25, -0.2) is 4.79 Å². The van der Waals surface area contributed by atoms with Gasteiger partial charge in [-0.3, -0.25) is 4.79 Å². The van der Waals surface area contributed by atoms with Crippen molar-refractivity contribution < 1.29 is 44.0 Å². The molecular formula is C23H19N3O11P2S4. The maximum absolute atomic E-state index is 13.0. The average molecular weight is 704 g/mol. The number of rotatable bonds is 12. The lowest BCUT2D eigenvalue weighted by Gasteiger charge is -2.40. The SMILES string of the molecule is Nc1ccc(C(=O)Oc2ccc(P3(=S)SP(=S)(c4ccc(O)cc4)S3)cc2)c(OC(=O)CC(CO[N+](=O)[O-])O[N+](=O)[O-])c1. The Balaban J connectivity index is 1.42. The summed E-state index contributed by atoms with van der Waals surface area (Å²) in [5.41, 5.74) is 5.70. The Bertz CT molecular complexity index is 1660. The first-order chi connectivity index (χ1) is 20.3. The first kappa shape index (κ1) is 32.5. The molecule has 3 aromatic carbocycles. The molecule has 43 heavy (non-hydrogen) atoms. The van der Waals surface area contributed by atoms with Crippen molar-refractivity contribution in [2.75, 3.05) is 12.3 Å². The molecule has 1 saturated heterocycles. The third-order valence-electron chi connectivity index (χ3n) is 5.40. The molecule has 3 aromatic rings. The largest absolute Gasteiger partial charge is 0.508 e. The zero-order chi connectivity index (χ0) is 31.4. The summed E-state index contributed by atoms with van der Waals surface area (Å²) in [6.07, 6.45) is -2.47. The van der Waals surface area contributed by atoms with Crippen LogP contribution in [0.1, 0.15) is 16.8 Å². The number of hydrogen-bond donors (Lipinski definition) is 2. The second-order valence-corrected chi connectivity index (χ2v) is 29.8. The van der Waals surface area contributed by atoms with E-state index in [9.17, 15) is 34.9 Å². The molecule has 226 valence electrons. The van der Waals surface area contributed by atoms with Crippen LogP contribution in [0.2, 0.25) is 0 Å². The van der Waals surface area contributed by atoms with Crippen LogP contribution in [0.3, 0.4) is 0 Å². The molecule has 14 nitrogen and oxygen atoms in total. The minimum atomic E-state index is -2.08. The molecule has 1 unspecified atom stereocenters. The molecule has 1 aliphatic heterocycles. The Morgan fingerprint density at radius 3 is 2.05 bits per heavy atom. The van der Waals surface area contributed by atoms with E-state index in [1.807, 2.05) is 12.1 Å². The van der Waals surface area contributed by atoms with E-state index in [4.69, 9.17) is 38.8 Å². The van der Waals surface area contributed by atoms with Gasteiger partial charge in [0.05, 0.1) is 15.3 Å². The summed E-state index contributed by atoms with van der Waals surface area (Å²) in [5.74, 6) is -1.99. The van der Waals surface area contributed by atoms with E-state index in [0.717, 1.165) is 10.6 Å². The van der Waals surface area contributed by atoms with Gasteiger partial charge in [0.2, 0.25) is 0 Å². The van der Waals surface area contributed by atoms with Crippen LogP contribution in [0.25, 0.3) is 0 Å². The van der Waals surface area contributed by atoms with Crippen LogP contribution in [0.15, 0.2) is 66.7 Å². The number of nitrogens with zero attached hydrogens (tertiary/aromatic N) is 2. The molecule has 0 bridgehead atoms. The highest BCUT2D eigenvalue weighted by Crippen LogP contribution is 3.04. The minimum absolute atomic E-state index is 0.127. The lowest BCUT2D eigenvalue weighted by Crippen LogP contribution is -2.29. The molecule has 0 aromatic heterocycles. The smallest absolute Gasteiger partial charge is 0.347 e. The molecule has 1 heterocycles. The highest BCUT2D eigenvalue weighted by molar-refractivity contribution is 9.48. The summed E-state index contributed by atoms with van der Waals surface area (Å²) in [5, 5.41) is 30.0. The van der Waals surface area contributed by atoms with Crippen molar-refractivity contribution in [3.63, 3.8) is 0 Å². The highest BCUT2D eigenvalue weighted by Gasteiger charge is 2.45. The molecule has 1 aliphatic rings. The van der Waals surface area contributed by atoms with E-state index in [-0.39, 0.29) is 28.5 Å². The molecule has 1 fully saturated rings. The molecule has 0 spiro atoms. The molecule has 0 amide bonds. The molecule has 0 saturated carbocycles. The first-order valence-electron chi connectivity index (χ1n) is 11.7. The summed E-state index contributed by atoms with van der Waals surface area (Å²) in [6, 6.07) is 17.3. The summed E-state index contributed by atoms with van der Waals surface area (Å²) in [7, 11) is 0. The number of nitrogens with two attached hydrogens (primary N) is 1. The molecule has 0 aliphatic carbocycles. The lowest BCUT2D eigenvalue weighted by atomic mass is 10.2. The number of carbonyl (C=O) groups excluding carboxylic acids is 2. The van der Waals surface area contributed by atoms with Crippen molar-refractivity contribution in [2.45, 2.75) is 12.5 Å². The number of benzene rings is 3. The van der Waals surface area contributed by atoms with E-state index >= 15 is 0 Å². The summed E-state index contributed by atoms with van der Waals surface area (Å²) in [6.45, 7) is -0.915. The van der Waals surface area contributed by atoms with Gasteiger partial charge in [-0.05, 0) is 60.7 Å². The quantitative estimate of drug-likeness (QED) is 0.0673. The van der Waals surface area contributed by atoms with E-state index < -0.39 is 50.1 Å². The van der Waals surface area contributed by atoms with E-state index in [1.165, 1.54) is 18.2 Å². The highest BCUT2D eigenvalue weighted by atomic mass is 33.7. The van der Waals surface area contributed by atoms with Crippen LogP contribution in [0.4, 0.5) is 5.69 Å². The minimum Gasteiger partial charge on any atom is -0.508 e. The van der Waals surface area contributed by atoms with Gasteiger partial charge in [-0.15, -0.1) is 20.2 Å². The number of aromatic hydroxyl groups is 1. The monoisotopic (exact) mass is 703 g/mol. The van der Waals surface area contributed by atoms with Crippen molar-refractivity contribution in [1.29, 1.82) is 0 Å².